The van der Waals surface area contributed by atoms with Crippen LogP contribution in [0.3, 0.4) is 0 Å². The second-order valence-corrected chi connectivity index (χ2v) is 8.54. The van der Waals surface area contributed by atoms with Gasteiger partial charge in [-0.3, -0.25) is 0 Å². The standard InChI is InChI=1S/C25H42O3/c1-6-8-10-12-14-16-21-23-20(5)24(26)18(3)19(4)25(23)28-22(27-21)17-15-13-11-9-7-2/h21-22,26H,6-17H2,1-5H3. The molecule has 0 amide bonds. The van der Waals surface area contributed by atoms with Crippen molar-refractivity contribution >= 4 is 0 Å². The molecule has 0 radical (unpaired) electrons. The fourth-order valence-electron chi connectivity index (χ4n) is 4.27. The molecule has 0 fully saturated rings. The zero-order chi connectivity index (χ0) is 20.5. The third-order valence-electron chi connectivity index (χ3n) is 6.26. The summed E-state index contributed by atoms with van der Waals surface area (Å²) in [5.74, 6) is 1.37. The first-order valence-corrected chi connectivity index (χ1v) is 11.7. The molecular weight excluding hydrogens is 348 g/mol. The Morgan fingerprint density at radius 3 is 1.89 bits per heavy atom. The zero-order valence-electron chi connectivity index (χ0n) is 18.9. The molecule has 0 aromatic heterocycles. The van der Waals surface area contributed by atoms with E-state index in [0.717, 1.165) is 47.3 Å². The van der Waals surface area contributed by atoms with Crippen LogP contribution in [-0.2, 0) is 4.74 Å². The van der Waals surface area contributed by atoms with Crippen LogP contribution in [0.15, 0.2) is 0 Å². The average molecular weight is 391 g/mol. The van der Waals surface area contributed by atoms with E-state index in [1.54, 1.807) is 0 Å². The molecule has 0 aliphatic carbocycles. The van der Waals surface area contributed by atoms with Crippen LogP contribution in [0.5, 0.6) is 11.5 Å². The van der Waals surface area contributed by atoms with Gasteiger partial charge in [-0.25, -0.2) is 0 Å². The van der Waals surface area contributed by atoms with E-state index in [4.69, 9.17) is 9.47 Å². The highest BCUT2D eigenvalue weighted by molar-refractivity contribution is 5.58. The number of phenols is 1. The Balaban J connectivity index is 2.11. The highest BCUT2D eigenvalue weighted by atomic mass is 16.7. The van der Waals surface area contributed by atoms with E-state index in [0.29, 0.717) is 5.75 Å². The summed E-state index contributed by atoms with van der Waals surface area (Å²) in [6, 6.07) is 0. The van der Waals surface area contributed by atoms with Crippen LogP contribution >= 0.6 is 0 Å². The molecule has 28 heavy (non-hydrogen) atoms. The topological polar surface area (TPSA) is 38.7 Å². The van der Waals surface area contributed by atoms with Crippen LogP contribution in [0.25, 0.3) is 0 Å². The number of phenolic OH excluding ortho intramolecular Hbond substituents is 1. The van der Waals surface area contributed by atoms with E-state index in [9.17, 15) is 5.11 Å². The van der Waals surface area contributed by atoms with Crippen LogP contribution in [0, 0.1) is 20.8 Å². The third kappa shape index (κ3) is 5.89. The van der Waals surface area contributed by atoms with Crippen molar-refractivity contribution in [3.8, 4) is 11.5 Å². The van der Waals surface area contributed by atoms with E-state index in [-0.39, 0.29) is 12.4 Å². The normalized spacial score (nSPS) is 18.8. The van der Waals surface area contributed by atoms with Crippen molar-refractivity contribution in [3.05, 3.63) is 22.3 Å². The Morgan fingerprint density at radius 2 is 1.29 bits per heavy atom. The minimum absolute atomic E-state index is 0.0382. The maximum Gasteiger partial charge on any atom is 0.200 e. The SMILES string of the molecule is CCCCCCCC1Oc2c(C)c(C)c(O)c(C)c2C(CCCCCCC)O1. The van der Waals surface area contributed by atoms with Crippen molar-refractivity contribution in [1.29, 1.82) is 0 Å². The number of ether oxygens (including phenoxy) is 2. The van der Waals surface area contributed by atoms with Crippen molar-refractivity contribution in [3.63, 3.8) is 0 Å². The molecule has 1 aromatic rings. The summed E-state index contributed by atoms with van der Waals surface area (Å²) in [5.41, 5.74) is 4.01. The highest BCUT2D eigenvalue weighted by Gasteiger charge is 2.33. The summed E-state index contributed by atoms with van der Waals surface area (Å²) in [6.07, 6.45) is 14.4. The summed E-state index contributed by atoms with van der Waals surface area (Å²) >= 11 is 0. The second kappa shape index (κ2) is 11.7. The van der Waals surface area contributed by atoms with E-state index < -0.39 is 0 Å². The average Bonchev–Trinajstić information content (AvgIpc) is 2.70. The van der Waals surface area contributed by atoms with E-state index in [1.165, 1.54) is 57.8 Å². The van der Waals surface area contributed by atoms with Crippen LogP contribution in [0.1, 0.15) is 119 Å². The van der Waals surface area contributed by atoms with Gasteiger partial charge >= 0.3 is 0 Å². The second-order valence-electron chi connectivity index (χ2n) is 8.54. The number of fused-ring (bicyclic) bond motifs is 1. The van der Waals surface area contributed by atoms with E-state index >= 15 is 0 Å². The van der Waals surface area contributed by atoms with Gasteiger partial charge < -0.3 is 14.6 Å². The Labute approximate surface area is 172 Å². The van der Waals surface area contributed by atoms with Crippen LogP contribution in [-0.4, -0.2) is 11.4 Å². The summed E-state index contributed by atoms with van der Waals surface area (Å²) in [5, 5.41) is 10.6. The maximum absolute atomic E-state index is 10.6. The Hall–Kier alpha value is -1.22. The van der Waals surface area contributed by atoms with Crippen molar-refractivity contribution in [2.75, 3.05) is 0 Å². The fraction of sp³-hybridized carbons (Fsp3) is 0.760. The summed E-state index contributed by atoms with van der Waals surface area (Å²) in [7, 11) is 0. The smallest absolute Gasteiger partial charge is 0.200 e. The van der Waals surface area contributed by atoms with Crippen LogP contribution in [0.2, 0.25) is 0 Å². The van der Waals surface area contributed by atoms with Gasteiger partial charge in [-0.1, -0.05) is 71.6 Å². The molecule has 1 heterocycles. The molecule has 2 rings (SSSR count). The minimum atomic E-state index is -0.156. The number of hydrogen-bond acceptors (Lipinski definition) is 3. The molecule has 2 atom stereocenters. The lowest BCUT2D eigenvalue weighted by Gasteiger charge is -2.36. The lowest BCUT2D eigenvalue weighted by molar-refractivity contribution is -0.147. The third-order valence-corrected chi connectivity index (χ3v) is 6.26. The van der Waals surface area contributed by atoms with Gasteiger partial charge in [-0.05, 0) is 44.7 Å². The summed E-state index contributed by atoms with van der Waals surface area (Å²) in [4.78, 5) is 0. The van der Waals surface area contributed by atoms with Gasteiger partial charge in [0.05, 0.1) is 6.10 Å². The monoisotopic (exact) mass is 390 g/mol. The van der Waals surface area contributed by atoms with Gasteiger partial charge in [0.15, 0.2) is 0 Å². The lowest BCUT2D eigenvalue weighted by atomic mass is 9.91. The van der Waals surface area contributed by atoms with Crippen molar-refractivity contribution in [1.82, 2.24) is 0 Å². The molecule has 160 valence electrons. The first kappa shape index (κ1) is 23.1. The zero-order valence-corrected chi connectivity index (χ0v) is 18.9. The van der Waals surface area contributed by atoms with Gasteiger partial charge in [0, 0.05) is 17.5 Å². The van der Waals surface area contributed by atoms with Crippen molar-refractivity contribution < 1.29 is 14.6 Å². The van der Waals surface area contributed by atoms with Gasteiger partial charge in [0.2, 0.25) is 6.29 Å². The Kier molecular flexibility index (Phi) is 9.64. The Morgan fingerprint density at radius 1 is 0.714 bits per heavy atom. The molecule has 1 aromatic carbocycles. The first-order chi connectivity index (χ1) is 13.5. The quantitative estimate of drug-likeness (QED) is 0.370. The number of unbranched alkanes of at least 4 members (excludes halogenated alkanes) is 8. The molecule has 0 saturated heterocycles. The molecule has 3 nitrogen and oxygen atoms in total. The van der Waals surface area contributed by atoms with E-state index in [2.05, 4.69) is 20.8 Å². The molecule has 0 bridgehead atoms. The van der Waals surface area contributed by atoms with Crippen molar-refractivity contribution in [2.45, 2.75) is 124 Å². The predicted octanol–water partition coefficient (Wildman–Crippen LogP) is 7.81. The lowest BCUT2D eigenvalue weighted by Crippen LogP contribution is -2.30. The summed E-state index contributed by atoms with van der Waals surface area (Å²) in [6.45, 7) is 10.5. The number of aromatic hydroxyl groups is 1. The maximum atomic E-state index is 10.6. The number of hydrogen-bond donors (Lipinski definition) is 1. The Bertz CT molecular complexity index is 609. The summed E-state index contributed by atoms with van der Waals surface area (Å²) < 4.78 is 12.8. The molecule has 2 unspecified atom stereocenters. The molecular formula is C25H42O3. The largest absolute Gasteiger partial charge is 0.507 e. The highest BCUT2D eigenvalue weighted by Crippen LogP contribution is 2.46. The molecule has 1 aliphatic heterocycles. The van der Waals surface area contributed by atoms with Gasteiger partial charge in [-0.15, -0.1) is 0 Å². The van der Waals surface area contributed by atoms with E-state index in [1.807, 2.05) is 13.8 Å². The van der Waals surface area contributed by atoms with Gasteiger partial charge in [-0.2, -0.15) is 0 Å². The molecule has 1 N–H and O–H groups in total. The number of benzene rings is 1. The van der Waals surface area contributed by atoms with Gasteiger partial charge in [0.25, 0.3) is 0 Å². The molecule has 3 heteroatoms. The van der Waals surface area contributed by atoms with Crippen LogP contribution < -0.4 is 4.74 Å². The van der Waals surface area contributed by atoms with Gasteiger partial charge in [0.1, 0.15) is 11.5 Å². The minimum Gasteiger partial charge on any atom is -0.507 e. The molecule has 1 aliphatic rings. The van der Waals surface area contributed by atoms with Crippen LogP contribution in [0.4, 0.5) is 0 Å². The first-order valence-electron chi connectivity index (χ1n) is 11.7. The fourth-order valence-corrected chi connectivity index (χ4v) is 4.27. The molecule has 0 saturated carbocycles. The molecule has 0 spiro atoms. The number of rotatable bonds is 12. The van der Waals surface area contributed by atoms with Crippen molar-refractivity contribution in [2.24, 2.45) is 0 Å². The predicted molar refractivity (Wildman–Crippen MR) is 117 cm³/mol.